The van der Waals surface area contributed by atoms with Gasteiger partial charge in [-0.3, -0.25) is 4.68 Å². The van der Waals surface area contributed by atoms with E-state index >= 15 is 0 Å². The predicted molar refractivity (Wildman–Crippen MR) is 146 cm³/mol. The summed E-state index contributed by atoms with van der Waals surface area (Å²) < 4.78 is 4.49. The molecule has 0 bridgehead atoms. The number of aryl methyl sites for hydroxylation is 2. The highest BCUT2D eigenvalue weighted by atomic mass is 15.2. The Hall–Kier alpha value is -2.14. The molecule has 0 amide bonds. The van der Waals surface area contributed by atoms with Crippen LogP contribution in [0.3, 0.4) is 0 Å². The second-order valence-electron chi connectivity index (χ2n) is 11.1. The number of hydrogen-bond donors (Lipinski definition) is 0. The van der Waals surface area contributed by atoms with Gasteiger partial charge in [-0.15, -0.1) is 0 Å². The van der Waals surface area contributed by atoms with Gasteiger partial charge in [0.1, 0.15) is 5.82 Å². The SMILES string of the molecule is CCC1CCC(c2nc3ccc(-c4cnn(C)c4)cc3n2CCCN(CC)C2CCCCC2)CC1. The van der Waals surface area contributed by atoms with Gasteiger partial charge in [0, 0.05) is 43.9 Å². The minimum atomic E-state index is 0.604. The lowest BCUT2D eigenvalue weighted by Gasteiger charge is -2.33. The monoisotopic (exact) mass is 475 g/mol. The van der Waals surface area contributed by atoms with E-state index in [9.17, 15) is 0 Å². The van der Waals surface area contributed by atoms with Crippen LogP contribution in [-0.2, 0) is 13.6 Å². The molecule has 2 aromatic heterocycles. The highest BCUT2D eigenvalue weighted by Crippen LogP contribution is 2.38. The lowest BCUT2D eigenvalue weighted by atomic mass is 9.80. The number of aromatic nitrogens is 4. The molecular formula is C30H45N5. The summed E-state index contributed by atoms with van der Waals surface area (Å²) in [5.41, 5.74) is 4.89. The van der Waals surface area contributed by atoms with E-state index in [1.807, 2.05) is 17.9 Å². The molecule has 2 fully saturated rings. The minimum Gasteiger partial charge on any atom is -0.328 e. The van der Waals surface area contributed by atoms with Crippen LogP contribution in [0.4, 0.5) is 0 Å². The van der Waals surface area contributed by atoms with Crippen LogP contribution in [0.2, 0.25) is 0 Å². The first-order valence-electron chi connectivity index (χ1n) is 14.4. The molecule has 0 radical (unpaired) electrons. The van der Waals surface area contributed by atoms with E-state index in [0.717, 1.165) is 24.0 Å². The summed E-state index contributed by atoms with van der Waals surface area (Å²) >= 11 is 0. The van der Waals surface area contributed by atoms with Gasteiger partial charge in [0.05, 0.1) is 17.2 Å². The summed E-state index contributed by atoms with van der Waals surface area (Å²) in [7, 11) is 1.99. The number of nitrogens with zero attached hydrogens (tertiary/aromatic N) is 5. The fourth-order valence-corrected chi connectivity index (χ4v) is 6.74. The van der Waals surface area contributed by atoms with Crippen LogP contribution in [0.1, 0.15) is 96.2 Å². The Bertz CT molecular complexity index is 1080. The van der Waals surface area contributed by atoms with E-state index in [0.29, 0.717) is 5.92 Å². The second kappa shape index (κ2) is 11.3. The van der Waals surface area contributed by atoms with Crippen molar-refractivity contribution in [2.24, 2.45) is 13.0 Å². The van der Waals surface area contributed by atoms with E-state index in [-0.39, 0.29) is 0 Å². The van der Waals surface area contributed by atoms with Gasteiger partial charge in [-0.25, -0.2) is 4.98 Å². The molecule has 5 nitrogen and oxygen atoms in total. The number of hydrogen-bond acceptors (Lipinski definition) is 3. The smallest absolute Gasteiger partial charge is 0.112 e. The van der Waals surface area contributed by atoms with Crippen LogP contribution in [0.15, 0.2) is 30.6 Å². The summed E-state index contributed by atoms with van der Waals surface area (Å²) in [6.07, 6.45) is 18.9. The molecule has 2 aliphatic rings. The number of rotatable bonds is 9. The highest BCUT2D eigenvalue weighted by Gasteiger charge is 2.26. The molecule has 0 spiro atoms. The molecule has 0 saturated heterocycles. The average molecular weight is 476 g/mol. The largest absolute Gasteiger partial charge is 0.328 e. The fraction of sp³-hybridized carbons (Fsp3) is 0.667. The van der Waals surface area contributed by atoms with Crippen molar-refractivity contribution in [2.45, 2.75) is 103 Å². The van der Waals surface area contributed by atoms with Crippen LogP contribution in [0, 0.1) is 5.92 Å². The van der Waals surface area contributed by atoms with Crippen LogP contribution in [0.5, 0.6) is 0 Å². The molecule has 2 heterocycles. The molecule has 5 heteroatoms. The molecule has 5 rings (SSSR count). The van der Waals surface area contributed by atoms with Crippen molar-refractivity contribution in [1.82, 2.24) is 24.2 Å². The van der Waals surface area contributed by atoms with Gasteiger partial charge in [-0.1, -0.05) is 45.6 Å². The molecule has 0 aliphatic heterocycles. The summed E-state index contributed by atoms with van der Waals surface area (Å²) in [5, 5.41) is 4.40. The predicted octanol–water partition coefficient (Wildman–Crippen LogP) is 7.17. The Morgan fingerprint density at radius 3 is 2.46 bits per heavy atom. The molecule has 1 aromatic carbocycles. The first-order valence-corrected chi connectivity index (χ1v) is 14.4. The Morgan fingerprint density at radius 2 is 1.77 bits per heavy atom. The van der Waals surface area contributed by atoms with E-state index < -0.39 is 0 Å². The zero-order chi connectivity index (χ0) is 24.2. The van der Waals surface area contributed by atoms with E-state index in [1.54, 1.807) is 0 Å². The van der Waals surface area contributed by atoms with Crippen molar-refractivity contribution in [1.29, 1.82) is 0 Å². The van der Waals surface area contributed by atoms with Crippen molar-refractivity contribution in [3.05, 3.63) is 36.4 Å². The fourth-order valence-electron chi connectivity index (χ4n) is 6.74. The lowest BCUT2D eigenvalue weighted by Crippen LogP contribution is -2.37. The van der Waals surface area contributed by atoms with E-state index in [4.69, 9.17) is 4.98 Å². The van der Waals surface area contributed by atoms with E-state index in [2.05, 4.69) is 52.8 Å². The van der Waals surface area contributed by atoms with Gasteiger partial charge in [-0.05, 0) is 75.1 Å². The number of benzene rings is 1. The molecule has 2 saturated carbocycles. The van der Waals surface area contributed by atoms with Crippen LogP contribution >= 0.6 is 0 Å². The normalized spacial score (nSPS) is 21.8. The lowest BCUT2D eigenvalue weighted by molar-refractivity contribution is 0.159. The number of imidazole rings is 1. The van der Waals surface area contributed by atoms with Gasteiger partial charge in [0.2, 0.25) is 0 Å². The maximum absolute atomic E-state index is 5.26. The van der Waals surface area contributed by atoms with Gasteiger partial charge < -0.3 is 9.47 Å². The molecule has 2 aliphatic carbocycles. The summed E-state index contributed by atoms with van der Waals surface area (Å²) in [6.45, 7) is 8.14. The van der Waals surface area contributed by atoms with Crippen molar-refractivity contribution in [2.75, 3.05) is 13.1 Å². The molecular weight excluding hydrogens is 430 g/mol. The Labute approximate surface area is 211 Å². The molecule has 190 valence electrons. The standard InChI is InChI=1S/C30H45N5/c1-4-23-12-14-24(15-13-23)30-32-28-17-16-25(26-21-31-33(3)22-26)20-29(28)35(30)19-9-18-34(5-2)27-10-7-6-8-11-27/h16-17,20-24,27H,4-15,18-19H2,1-3H3. The van der Waals surface area contributed by atoms with Crippen molar-refractivity contribution in [3.8, 4) is 11.1 Å². The van der Waals surface area contributed by atoms with Crippen molar-refractivity contribution < 1.29 is 0 Å². The van der Waals surface area contributed by atoms with Crippen molar-refractivity contribution >= 4 is 11.0 Å². The summed E-state index contributed by atoms with van der Waals surface area (Å²) in [6, 6.07) is 7.61. The highest BCUT2D eigenvalue weighted by molar-refractivity contribution is 5.82. The van der Waals surface area contributed by atoms with Crippen LogP contribution in [-0.4, -0.2) is 43.4 Å². The Kier molecular flexibility index (Phi) is 7.91. The first kappa shape index (κ1) is 24.5. The Morgan fingerprint density at radius 1 is 0.971 bits per heavy atom. The van der Waals surface area contributed by atoms with E-state index in [1.165, 1.54) is 106 Å². The quantitative estimate of drug-likeness (QED) is 0.329. The van der Waals surface area contributed by atoms with Gasteiger partial charge in [0.25, 0.3) is 0 Å². The van der Waals surface area contributed by atoms with Crippen molar-refractivity contribution in [3.63, 3.8) is 0 Å². The summed E-state index contributed by atoms with van der Waals surface area (Å²) in [4.78, 5) is 8.02. The molecule has 0 atom stereocenters. The molecule has 35 heavy (non-hydrogen) atoms. The first-order chi connectivity index (χ1) is 17.2. The van der Waals surface area contributed by atoms with Gasteiger partial charge in [0.15, 0.2) is 0 Å². The maximum Gasteiger partial charge on any atom is 0.112 e. The third-order valence-corrected chi connectivity index (χ3v) is 8.93. The zero-order valence-corrected chi connectivity index (χ0v) is 22.3. The third kappa shape index (κ3) is 5.50. The average Bonchev–Trinajstić information content (AvgIpc) is 3.50. The molecule has 0 unspecified atom stereocenters. The van der Waals surface area contributed by atoms with Gasteiger partial charge in [-0.2, -0.15) is 5.10 Å². The third-order valence-electron chi connectivity index (χ3n) is 8.93. The second-order valence-corrected chi connectivity index (χ2v) is 11.1. The topological polar surface area (TPSA) is 38.9 Å². The van der Waals surface area contributed by atoms with Gasteiger partial charge >= 0.3 is 0 Å². The van der Waals surface area contributed by atoms with Crippen LogP contribution in [0.25, 0.3) is 22.2 Å². The van der Waals surface area contributed by atoms with Crippen LogP contribution < -0.4 is 0 Å². The molecule has 0 N–H and O–H groups in total. The summed E-state index contributed by atoms with van der Waals surface area (Å²) in [5.74, 6) is 2.86. The minimum absolute atomic E-state index is 0.604. The zero-order valence-electron chi connectivity index (χ0n) is 22.3. The number of fused-ring (bicyclic) bond motifs is 1. The molecule has 3 aromatic rings. The maximum atomic E-state index is 5.26. The Balaban J connectivity index is 1.40.